The van der Waals surface area contributed by atoms with Gasteiger partial charge < -0.3 is 4.89 Å². The first-order valence-corrected chi connectivity index (χ1v) is 10.9. The highest BCUT2D eigenvalue weighted by Crippen LogP contribution is 2.56. The van der Waals surface area contributed by atoms with E-state index in [1.54, 1.807) is 48.5 Å². The van der Waals surface area contributed by atoms with Gasteiger partial charge in [-0.1, -0.05) is 29.3 Å². The molecule has 7 heteroatoms. The molecule has 0 fully saturated rings. The van der Waals surface area contributed by atoms with E-state index >= 15 is 0 Å². The summed E-state index contributed by atoms with van der Waals surface area (Å²) in [6.07, 6.45) is 0.468. The molecule has 0 saturated carbocycles. The highest BCUT2D eigenvalue weighted by molar-refractivity contribution is 7.55. The summed E-state index contributed by atoms with van der Waals surface area (Å²) in [5, 5.41) is 1.11. The average molecular weight is 435 g/mol. The summed E-state index contributed by atoms with van der Waals surface area (Å²) in [6, 6.07) is 15.8. The van der Waals surface area contributed by atoms with Crippen LogP contribution >= 0.6 is 31.4 Å². The van der Waals surface area contributed by atoms with Crippen LogP contribution in [0, 0.1) is 13.8 Å². The number of fused-ring (bicyclic) bond motifs is 2. The first-order chi connectivity index (χ1) is 13.3. The lowest BCUT2D eigenvalue weighted by Crippen LogP contribution is -2.27. The maximum atomic E-state index is 13.6. The van der Waals surface area contributed by atoms with Gasteiger partial charge in [-0.2, -0.15) is 0 Å². The Bertz CT molecular complexity index is 981. The number of aryl methyl sites for hydroxylation is 2. The Morgan fingerprint density at radius 3 is 1.82 bits per heavy atom. The topological polar surface area (TPSA) is 50.8 Å². The lowest BCUT2D eigenvalue weighted by Gasteiger charge is -2.28. The quantitative estimate of drug-likeness (QED) is 0.458. The van der Waals surface area contributed by atoms with E-state index in [1.807, 2.05) is 19.9 Å². The van der Waals surface area contributed by atoms with Crippen molar-refractivity contribution in [2.75, 3.05) is 0 Å². The molecule has 0 aliphatic carbocycles. The van der Waals surface area contributed by atoms with Crippen LogP contribution in [0.4, 0.5) is 0 Å². The zero-order valence-electron chi connectivity index (χ0n) is 15.2. The van der Waals surface area contributed by atoms with Crippen molar-refractivity contribution in [1.29, 1.82) is 0 Å². The molecule has 4 nitrogen and oxygen atoms in total. The summed E-state index contributed by atoms with van der Waals surface area (Å²) in [5.41, 5.74) is 3.49. The molecule has 0 atom stereocenters. The molecule has 144 valence electrons. The summed E-state index contributed by atoms with van der Waals surface area (Å²) < 4.78 is 17.3. The number of rotatable bonds is 2. The van der Waals surface area contributed by atoms with E-state index in [1.165, 1.54) is 0 Å². The van der Waals surface area contributed by atoms with Crippen LogP contribution in [0.3, 0.4) is 0 Å². The fourth-order valence-electron chi connectivity index (χ4n) is 3.17. The SMILES string of the molecule is Cc1cc(C)cc(O[P+]2([O-])Oc3ccc(Cl)cc3Cc3cc(Cl)ccc3O2)c1. The number of hydrogen-bond acceptors (Lipinski definition) is 4. The summed E-state index contributed by atoms with van der Waals surface area (Å²) in [6.45, 7) is 3.87. The second-order valence-corrected chi connectivity index (χ2v) is 9.04. The van der Waals surface area contributed by atoms with Gasteiger partial charge in [-0.25, -0.2) is 0 Å². The van der Waals surface area contributed by atoms with Gasteiger partial charge >= 0.3 is 8.17 Å². The molecule has 0 N–H and O–H groups in total. The normalized spacial score (nSPS) is 14.6. The van der Waals surface area contributed by atoms with E-state index in [4.69, 9.17) is 36.8 Å². The van der Waals surface area contributed by atoms with Crippen molar-refractivity contribution < 1.29 is 18.5 Å². The molecule has 0 amide bonds. The predicted molar refractivity (Wildman–Crippen MR) is 110 cm³/mol. The van der Waals surface area contributed by atoms with Crippen LogP contribution in [-0.2, 0) is 6.42 Å². The number of phosphoric ester groups is 1. The van der Waals surface area contributed by atoms with Crippen LogP contribution in [0.25, 0.3) is 0 Å². The van der Waals surface area contributed by atoms with Crippen molar-refractivity contribution in [3.8, 4) is 17.2 Å². The monoisotopic (exact) mass is 434 g/mol. The van der Waals surface area contributed by atoms with Crippen LogP contribution in [-0.4, -0.2) is 0 Å². The van der Waals surface area contributed by atoms with Crippen molar-refractivity contribution in [2.24, 2.45) is 0 Å². The van der Waals surface area contributed by atoms with Crippen molar-refractivity contribution in [2.45, 2.75) is 20.3 Å². The van der Waals surface area contributed by atoms with Gasteiger partial charge in [0, 0.05) is 27.6 Å². The average Bonchev–Trinajstić information content (AvgIpc) is 2.57. The molecule has 1 aliphatic heterocycles. The first-order valence-electron chi connectivity index (χ1n) is 8.64. The number of halogens is 2. The molecule has 4 rings (SSSR count). The Kier molecular flexibility index (Phi) is 5.15. The maximum Gasteiger partial charge on any atom is 0.517 e. The molecule has 0 unspecified atom stereocenters. The third-order valence-electron chi connectivity index (χ3n) is 4.26. The van der Waals surface area contributed by atoms with E-state index in [9.17, 15) is 4.89 Å². The maximum absolute atomic E-state index is 13.6. The first kappa shape index (κ1) is 19.4. The number of hydrogen-bond donors (Lipinski definition) is 0. The van der Waals surface area contributed by atoms with Gasteiger partial charge in [-0.05, 0) is 73.5 Å². The second kappa shape index (κ2) is 7.46. The summed E-state index contributed by atoms with van der Waals surface area (Å²) in [5.74, 6) is 1.19. The van der Waals surface area contributed by atoms with Gasteiger partial charge in [-0.15, -0.1) is 0 Å². The van der Waals surface area contributed by atoms with Gasteiger partial charge in [0.05, 0.1) is 0 Å². The molecule has 1 heterocycles. The lowest BCUT2D eigenvalue weighted by atomic mass is 10.0. The Morgan fingerprint density at radius 2 is 1.32 bits per heavy atom. The van der Waals surface area contributed by atoms with E-state index in [0.29, 0.717) is 33.7 Å². The van der Waals surface area contributed by atoms with E-state index in [0.717, 1.165) is 22.3 Å². The van der Waals surface area contributed by atoms with Crippen molar-refractivity contribution >= 4 is 31.4 Å². The summed E-state index contributed by atoms with van der Waals surface area (Å²) in [7, 11) is -4.03. The van der Waals surface area contributed by atoms with Crippen molar-refractivity contribution in [3.05, 3.63) is 86.9 Å². The molecule has 3 aromatic carbocycles. The van der Waals surface area contributed by atoms with Crippen molar-refractivity contribution in [3.63, 3.8) is 0 Å². The van der Waals surface area contributed by atoms with E-state index < -0.39 is 8.17 Å². The van der Waals surface area contributed by atoms with E-state index in [2.05, 4.69) is 0 Å². The van der Waals surface area contributed by atoms with Crippen molar-refractivity contribution in [1.82, 2.24) is 0 Å². The summed E-state index contributed by atoms with van der Waals surface area (Å²) >= 11 is 12.3. The smallest absolute Gasteiger partial charge is 0.517 e. The molecule has 0 saturated heterocycles. The minimum atomic E-state index is -4.03. The van der Waals surface area contributed by atoms with Crippen LogP contribution in [0.2, 0.25) is 10.0 Å². The molecular weight excluding hydrogens is 418 g/mol. The fourth-order valence-corrected chi connectivity index (χ4v) is 4.87. The third kappa shape index (κ3) is 4.21. The Labute approximate surface area is 174 Å². The molecule has 0 bridgehead atoms. The largest absolute Gasteiger partial charge is 0.583 e. The van der Waals surface area contributed by atoms with Crippen LogP contribution in [0.15, 0.2) is 54.6 Å². The third-order valence-corrected chi connectivity index (χ3v) is 6.00. The van der Waals surface area contributed by atoms with E-state index in [-0.39, 0.29) is 0 Å². The van der Waals surface area contributed by atoms with Crippen LogP contribution < -0.4 is 18.5 Å². The standard InChI is InChI=1S/C21H17Cl2O4P/c1-13-7-14(2)9-19(8-13)25-28(24)26-20-5-3-17(22)11-15(20)10-16-12-18(23)4-6-21(16)27-28/h3-9,11-12H,10H2,1-2H3. The Hall–Kier alpha value is -1.97. The van der Waals surface area contributed by atoms with Gasteiger partial charge in [-0.3, -0.25) is 13.6 Å². The van der Waals surface area contributed by atoms with Gasteiger partial charge in [0.15, 0.2) is 17.2 Å². The molecule has 0 aromatic heterocycles. The molecular formula is C21H17Cl2O4P. The zero-order valence-corrected chi connectivity index (χ0v) is 17.6. The Morgan fingerprint density at radius 1 is 0.821 bits per heavy atom. The van der Waals surface area contributed by atoms with Crippen LogP contribution in [0.1, 0.15) is 22.3 Å². The minimum Gasteiger partial charge on any atom is -0.583 e. The minimum absolute atomic E-state index is 0.391. The summed E-state index contributed by atoms with van der Waals surface area (Å²) in [4.78, 5) is 13.6. The molecule has 1 aliphatic rings. The second-order valence-electron chi connectivity index (χ2n) is 6.73. The Balaban J connectivity index is 1.80. The van der Waals surface area contributed by atoms with Crippen LogP contribution in [0.5, 0.6) is 17.2 Å². The van der Waals surface area contributed by atoms with Gasteiger partial charge in [0.2, 0.25) is 0 Å². The number of phosphoric acid groups is 1. The zero-order chi connectivity index (χ0) is 19.9. The molecule has 0 radical (unpaired) electrons. The predicted octanol–water partition coefficient (Wildman–Crippen LogP) is 6.09. The van der Waals surface area contributed by atoms with Gasteiger partial charge in [0.25, 0.3) is 0 Å². The van der Waals surface area contributed by atoms with Gasteiger partial charge in [0.1, 0.15) is 0 Å². The highest BCUT2D eigenvalue weighted by atomic mass is 35.5. The number of benzene rings is 3. The lowest BCUT2D eigenvalue weighted by molar-refractivity contribution is -0.222. The fraction of sp³-hybridized carbons (Fsp3) is 0.143. The highest BCUT2D eigenvalue weighted by Gasteiger charge is 2.41. The molecule has 0 spiro atoms. The molecule has 28 heavy (non-hydrogen) atoms. The molecule has 3 aromatic rings.